The Labute approximate surface area is 333 Å². The molecule has 9 aromatic carbocycles. The molecule has 0 amide bonds. The van der Waals surface area contributed by atoms with Crippen molar-refractivity contribution in [2.45, 2.75) is 0 Å². The highest BCUT2D eigenvalue weighted by molar-refractivity contribution is 6.25. The van der Waals surface area contributed by atoms with Gasteiger partial charge < -0.3 is 18.3 Å². The standard InChI is InChI=1S/C54H34N4/c1-3-16-35(17-4-1)55-45-24-11-9-22-40(45)44-34-37(30-33-49(44)55)57-46-25-12-7-20-38(46)41-31-32-42-39-21-8-13-26-47(39)58(54(42)53(41)57)51-29-15-28-50-52(51)43-23-10-14-27-48(43)56(50)36-18-5-2-6-19-36/h1-34H. The molecule has 4 aromatic heterocycles. The molecule has 4 heterocycles. The third-order valence-electron chi connectivity index (χ3n) is 12.3. The van der Waals surface area contributed by atoms with Crippen molar-refractivity contribution in [3.8, 4) is 22.7 Å². The Hall–Kier alpha value is -7.82. The third-order valence-corrected chi connectivity index (χ3v) is 12.3. The topological polar surface area (TPSA) is 19.7 Å². The van der Waals surface area contributed by atoms with Crippen molar-refractivity contribution in [2.24, 2.45) is 0 Å². The molecule has 0 aliphatic carbocycles. The fourth-order valence-corrected chi connectivity index (χ4v) is 10.0. The minimum atomic E-state index is 1.14. The van der Waals surface area contributed by atoms with Crippen LogP contribution in [0.2, 0.25) is 0 Å². The SMILES string of the molecule is c1ccc(-n2c3ccccc3c3cc(-n4c5ccccc5c5ccc6c7ccccc7n(-c7cccc8c7c7ccccc7n8-c7ccccc7)c6c54)ccc32)cc1. The van der Waals surface area contributed by atoms with Gasteiger partial charge in [0.2, 0.25) is 0 Å². The van der Waals surface area contributed by atoms with Gasteiger partial charge in [-0.3, -0.25) is 0 Å². The van der Waals surface area contributed by atoms with Gasteiger partial charge >= 0.3 is 0 Å². The number of benzene rings is 9. The van der Waals surface area contributed by atoms with E-state index in [0.717, 1.165) is 17.1 Å². The smallest absolute Gasteiger partial charge is 0.0789 e. The maximum absolute atomic E-state index is 2.55. The van der Waals surface area contributed by atoms with Gasteiger partial charge in [-0.05, 0) is 78.9 Å². The Morgan fingerprint density at radius 3 is 1.28 bits per heavy atom. The summed E-state index contributed by atoms with van der Waals surface area (Å²) in [7, 11) is 0. The maximum Gasteiger partial charge on any atom is 0.0789 e. The van der Waals surface area contributed by atoms with Gasteiger partial charge in [0.05, 0.1) is 49.8 Å². The molecule has 58 heavy (non-hydrogen) atoms. The summed E-state index contributed by atoms with van der Waals surface area (Å²) in [4.78, 5) is 0. The Bertz CT molecular complexity index is 3780. The molecule has 270 valence electrons. The number of para-hydroxylation sites is 6. The molecule has 0 saturated heterocycles. The number of aromatic nitrogens is 4. The Morgan fingerprint density at radius 2 is 0.655 bits per heavy atom. The van der Waals surface area contributed by atoms with Crippen molar-refractivity contribution < 1.29 is 0 Å². The number of rotatable bonds is 4. The van der Waals surface area contributed by atoms with Crippen molar-refractivity contribution in [3.05, 3.63) is 206 Å². The van der Waals surface area contributed by atoms with E-state index in [2.05, 4.69) is 225 Å². The molecule has 0 saturated carbocycles. The lowest BCUT2D eigenvalue weighted by Crippen LogP contribution is -2.00. The van der Waals surface area contributed by atoms with E-state index in [1.54, 1.807) is 0 Å². The van der Waals surface area contributed by atoms with Crippen LogP contribution in [0.15, 0.2) is 206 Å². The molecule has 0 fully saturated rings. The number of hydrogen-bond acceptors (Lipinski definition) is 0. The number of nitrogens with zero attached hydrogens (tertiary/aromatic N) is 4. The summed E-state index contributed by atoms with van der Waals surface area (Å²) < 4.78 is 9.87. The van der Waals surface area contributed by atoms with Crippen LogP contribution in [0.5, 0.6) is 0 Å². The maximum atomic E-state index is 2.55. The van der Waals surface area contributed by atoms with E-state index < -0.39 is 0 Å². The van der Waals surface area contributed by atoms with Crippen LogP contribution in [-0.4, -0.2) is 18.3 Å². The van der Waals surface area contributed by atoms with Crippen LogP contribution < -0.4 is 0 Å². The quantitative estimate of drug-likeness (QED) is 0.171. The highest BCUT2D eigenvalue weighted by Gasteiger charge is 2.24. The van der Waals surface area contributed by atoms with Gasteiger partial charge in [0.1, 0.15) is 0 Å². The molecular weight excluding hydrogens is 705 g/mol. The molecule has 0 bridgehead atoms. The molecule has 0 atom stereocenters. The molecule has 0 spiro atoms. The van der Waals surface area contributed by atoms with Crippen LogP contribution in [0.4, 0.5) is 0 Å². The lowest BCUT2D eigenvalue weighted by atomic mass is 10.1. The predicted octanol–water partition coefficient (Wildman–Crippen LogP) is 14.1. The van der Waals surface area contributed by atoms with Gasteiger partial charge in [0.25, 0.3) is 0 Å². The second-order valence-corrected chi connectivity index (χ2v) is 15.3. The number of fused-ring (bicyclic) bond motifs is 13. The third kappa shape index (κ3) is 4.18. The zero-order valence-corrected chi connectivity index (χ0v) is 31.4. The molecule has 13 rings (SSSR count). The van der Waals surface area contributed by atoms with E-state index in [1.165, 1.54) is 92.9 Å². The van der Waals surface area contributed by atoms with Crippen LogP contribution in [0.25, 0.3) is 110 Å². The highest BCUT2D eigenvalue weighted by atomic mass is 15.1. The van der Waals surface area contributed by atoms with Crippen LogP contribution in [0.3, 0.4) is 0 Å². The predicted molar refractivity (Wildman–Crippen MR) is 244 cm³/mol. The Morgan fingerprint density at radius 1 is 0.224 bits per heavy atom. The van der Waals surface area contributed by atoms with Crippen LogP contribution >= 0.6 is 0 Å². The van der Waals surface area contributed by atoms with Gasteiger partial charge in [-0.1, -0.05) is 127 Å². The first-order valence-electron chi connectivity index (χ1n) is 20.0. The fraction of sp³-hybridized carbons (Fsp3) is 0. The normalized spacial score (nSPS) is 12.1. The van der Waals surface area contributed by atoms with E-state index in [9.17, 15) is 0 Å². The lowest BCUT2D eigenvalue weighted by Gasteiger charge is -2.14. The minimum Gasteiger partial charge on any atom is -0.309 e. The summed E-state index contributed by atoms with van der Waals surface area (Å²) in [6.45, 7) is 0. The first-order valence-corrected chi connectivity index (χ1v) is 20.0. The lowest BCUT2D eigenvalue weighted by molar-refractivity contribution is 1.15. The van der Waals surface area contributed by atoms with Crippen molar-refractivity contribution in [2.75, 3.05) is 0 Å². The van der Waals surface area contributed by atoms with Gasteiger partial charge in [-0.2, -0.15) is 0 Å². The zero-order valence-electron chi connectivity index (χ0n) is 31.4. The second kappa shape index (κ2) is 11.8. The minimum absolute atomic E-state index is 1.14. The van der Waals surface area contributed by atoms with Crippen LogP contribution in [0, 0.1) is 0 Å². The molecule has 4 heteroatoms. The average Bonchev–Trinajstić information content (AvgIpc) is 4.02. The van der Waals surface area contributed by atoms with Crippen molar-refractivity contribution in [3.63, 3.8) is 0 Å². The average molecular weight is 739 g/mol. The van der Waals surface area contributed by atoms with E-state index in [-0.39, 0.29) is 0 Å². The molecule has 13 aromatic rings. The van der Waals surface area contributed by atoms with Crippen LogP contribution in [-0.2, 0) is 0 Å². The zero-order chi connectivity index (χ0) is 37.9. The Balaban J connectivity index is 1.19. The molecular formula is C54H34N4. The van der Waals surface area contributed by atoms with Crippen molar-refractivity contribution >= 4 is 87.2 Å². The summed E-state index contributed by atoms with van der Waals surface area (Å²) in [5.41, 5.74) is 14.2. The van der Waals surface area contributed by atoms with E-state index in [0.29, 0.717) is 0 Å². The summed E-state index contributed by atoms with van der Waals surface area (Å²) in [6, 6.07) is 75.4. The molecule has 0 radical (unpaired) electrons. The molecule has 4 nitrogen and oxygen atoms in total. The molecule has 0 N–H and O–H groups in total. The van der Waals surface area contributed by atoms with E-state index >= 15 is 0 Å². The summed E-state index contributed by atoms with van der Waals surface area (Å²) in [6.07, 6.45) is 0. The second-order valence-electron chi connectivity index (χ2n) is 15.3. The van der Waals surface area contributed by atoms with Gasteiger partial charge in [0.15, 0.2) is 0 Å². The summed E-state index contributed by atoms with van der Waals surface area (Å²) in [5, 5.41) is 9.88. The van der Waals surface area contributed by atoms with E-state index in [1.807, 2.05) is 0 Å². The van der Waals surface area contributed by atoms with Gasteiger partial charge in [-0.25, -0.2) is 0 Å². The monoisotopic (exact) mass is 738 g/mol. The first-order chi connectivity index (χ1) is 28.8. The van der Waals surface area contributed by atoms with Gasteiger partial charge in [-0.15, -0.1) is 0 Å². The largest absolute Gasteiger partial charge is 0.309 e. The molecule has 0 aliphatic heterocycles. The van der Waals surface area contributed by atoms with Crippen LogP contribution in [0.1, 0.15) is 0 Å². The first kappa shape index (κ1) is 31.4. The summed E-state index contributed by atoms with van der Waals surface area (Å²) in [5.74, 6) is 0. The highest BCUT2D eigenvalue weighted by Crippen LogP contribution is 2.45. The van der Waals surface area contributed by atoms with Gasteiger partial charge in [0, 0.05) is 60.2 Å². The molecule has 0 aliphatic rings. The molecule has 0 unspecified atom stereocenters. The van der Waals surface area contributed by atoms with Crippen molar-refractivity contribution in [1.29, 1.82) is 0 Å². The number of hydrogen-bond donors (Lipinski definition) is 0. The fourth-order valence-electron chi connectivity index (χ4n) is 10.0. The van der Waals surface area contributed by atoms with Crippen molar-refractivity contribution in [1.82, 2.24) is 18.3 Å². The van der Waals surface area contributed by atoms with E-state index in [4.69, 9.17) is 0 Å². The summed E-state index contributed by atoms with van der Waals surface area (Å²) >= 11 is 0. The Kier molecular flexibility index (Phi) is 6.41.